The Kier molecular flexibility index (Phi) is 8.97. The van der Waals surface area contributed by atoms with Crippen LogP contribution < -0.4 is 11.1 Å². The van der Waals surface area contributed by atoms with Crippen molar-refractivity contribution < 1.29 is 23.1 Å². The third-order valence-electron chi connectivity index (χ3n) is 5.23. The Bertz CT molecular complexity index is 1150. The molecule has 0 saturated carbocycles. The van der Waals surface area contributed by atoms with Gasteiger partial charge in [-0.2, -0.15) is 10.4 Å². The molecule has 0 aliphatic carbocycles. The number of nitriles is 1. The Balaban J connectivity index is 1.64. The summed E-state index contributed by atoms with van der Waals surface area (Å²) in [5.41, 5.74) is 7.36. The molecule has 2 aromatic heterocycles. The van der Waals surface area contributed by atoms with Crippen molar-refractivity contribution in [3.63, 3.8) is 0 Å². The standard InChI is InChI=1S/C24H27FN6O4/c1-34-24(33)28-23-20(22(27)32)16-31(29-23)12-3-11-30(15-19(25)9-10-26)14-17-5-7-18(8-6-17)21-4-2-13-35-21/h2,4-8,13,16,19H,3,9,11-12,14-15H2,1H3,(H2,27,32)(H,28,29,33). The predicted octanol–water partition coefficient (Wildman–Crippen LogP) is 3.56. The first-order valence-electron chi connectivity index (χ1n) is 11.0. The lowest BCUT2D eigenvalue weighted by Gasteiger charge is -2.23. The zero-order valence-corrected chi connectivity index (χ0v) is 19.3. The second-order valence-corrected chi connectivity index (χ2v) is 7.86. The maximum Gasteiger partial charge on any atom is 0.412 e. The number of hydrogen-bond acceptors (Lipinski definition) is 7. The van der Waals surface area contributed by atoms with Gasteiger partial charge in [-0.05, 0) is 24.1 Å². The van der Waals surface area contributed by atoms with Crippen LogP contribution in [-0.2, 0) is 17.8 Å². The topological polar surface area (TPSA) is 139 Å². The molecule has 0 radical (unpaired) electrons. The summed E-state index contributed by atoms with van der Waals surface area (Å²) in [6.45, 7) is 1.50. The van der Waals surface area contributed by atoms with Gasteiger partial charge in [-0.3, -0.25) is 19.7 Å². The highest BCUT2D eigenvalue weighted by Gasteiger charge is 2.18. The number of nitrogens with zero attached hydrogens (tertiary/aromatic N) is 4. The number of carbonyl (C=O) groups is 2. The number of amides is 2. The Labute approximate surface area is 202 Å². The highest BCUT2D eigenvalue weighted by atomic mass is 19.1. The molecule has 0 aliphatic heterocycles. The van der Waals surface area contributed by atoms with Gasteiger partial charge < -0.3 is 14.9 Å². The fourth-order valence-electron chi connectivity index (χ4n) is 3.57. The lowest BCUT2D eigenvalue weighted by atomic mass is 10.1. The van der Waals surface area contributed by atoms with Crippen molar-refractivity contribution in [2.45, 2.75) is 32.1 Å². The Morgan fingerprint density at radius 1 is 1.34 bits per heavy atom. The summed E-state index contributed by atoms with van der Waals surface area (Å²) in [6, 6.07) is 13.4. The van der Waals surface area contributed by atoms with Crippen molar-refractivity contribution in [3.8, 4) is 17.4 Å². The van der Waals surface area contributed by atoms with Crippen LogP contribution in [0.1, 0.15) is 28.8 Å². The molecule has 0 spiro atoms. The van der Waals surface area contributed by atoms with Crippen molar-refractivity contribution >= 4 is 17.8 Å². The van der Waals surface area contributed by atoms with Gasteiger partial charge in [0.25, 0.3) is 5.91 Å². The summed E-state index contributed by atoms with van der Waals surface area (Å²) in [5, 5.41) is 15.4. The lowest BCUT2D eigenvalue weighted by molar-refractivity contribution is 0.100. The number of ether oxygens (including phenoxy) is 1. The smallest absolute Gasteiger partial charge is 0.412 e. The van der Waals surface area contributed by atoms with Gasteiger partial charge in [-0.25, -0.2) is 9.18 Å². The molecule has 3 N–H and O–H groups in total. The number of alkyl halides is 1. The molecule has 184 valence electrons. The highest BCUT2D eigenvalue weighted by Crippen LogP contribution is 2.21. The number of methoxy groups -OCH3 is 1. The SMILES string of the molecule is COC(=O)Nc1nn(CCCN(Cc2ccc(-c3ccco3)cc2)CC(F)CC#N)cc1C(N)=O. The number of nitrogens with two attached hydrogens (primary N) is 1. The number of carbonyl (C=O) groups excluding carboxylic acids is 2. The van der Waals surface area contributed by atoms with Crippen LogP contribution in [0.2, 0.25) is 0 Å². The number of hydrogen-bond donors (Lipinski definition) is 2. The molecule has 1 atom stereocenters. The maximum atomic E-state index is 14.3. The minimum atomic E-state index is -1.27. The minimum absolute atomic E-state index is 0.00990. The zero-order chi connectivity index (χ0) is 25.2. The van der Waals surface area contributed by atoms with E-state index in [4.69, 9.17) is 15.4 Å². The van der Waals surface area contributed by atoms with Crippen molar-refractivity contribution in [1.82, 2.24) is 14.7 Å². The summed E-state index contributed by atoms with van der Waals surface area (Å²) >= 11 is 0. The first-order valence-corrected chi connectivity index (χ1v) is 11.0. The molecule has 10 nitrogen and oxygen atoms in total. The van der Waals surface area contributed by atoms with Gasteiger partial charge in [0.15, 0.2) is 5.82 Å². The van der Waals surface area contributed by atoms with E-state index in [1.165, 1.54) is 18.0 Å². The van der Waals surface area contributed by atoms with Crippen LogP contribution in [0.25, 0.3) is 11.3 Å². The molecule has 35 heavy (non-hydrogen) atoms. The molecule has 1 aromatic carbocycles. The van der Waals surface area contributed by atoms with E-state index in [0.717, 1.165) is 16.9 Å². The van der Waals surface area contributed by atoms with E-state index < -0.39 is 18.2 Å². The Morgan fingerprint density at radius 2 is 2.11 bits per heavy atom. The number of nitrogens with one attached hydrogen (secondary N) is 1. The fourth-order valence-corrected chi connectivity index (χ4v) is 3.57. The highest BCUT2D eigenvalue weighted by molar-refractivity contribution is 6.00. The third-order valence-corrected chi connectivity index (χ3v) is 5.23. The predicted molar refractivity (Wildman–Crippen MR) is 126 cm³/mol. The number of benzene rings is 1. The fraction of sp³-hybridized carbons (Fsp3) is 0.333. The van der Waals surface area contributed by atoms with E-state index >= 15 is 0 Å². The van der Waals surface area contributed by atoms with Crippen LogP contribution in [0.3, 0.4) is 0 Å². The van der Waals surface area contributed by atoms with Gasteiger partial charge in [0.2, 0.25) is 0 Å². The minimum Gasteiger partial charge on any atom is -0.464 e. The molecule has 0 bridgehead atoms. The average Bonchev–Trinajstić information content (AvgIpc) is 3.50. The molecule has 1 unspecified atom stereocenters. The van der Waals surface area contributed by atoms with Crippen LogP contribution in [0.15, 0.2) is 53.3 Å². The number of aromatic nitrogens is 2. The van der Waals surface area contributed by atoms with Crippen molar-refractivity contribution in [1.29, 1.82) is 5.26 Å². The lowest BCUT2D eigenvalue weighted by Crippen LogP contribution is -2.31. The molecule has 3 aromatic rings. The molecule has 2 heterocycles. The van der Waals surface area contributed by atoms with E-state index in [2.05, 4.69) is 15.2 Å². The van der Waals surface area contributed by atoms with Crippen LogP contribution in [-0.4, -0.2) is 53.1 Å². The van der Waals surface area contributed by atoms with Crippen molar-refractivity contribution in [2.75, 3.05) is 25.5 Å². The first-order chi connectivity index (χ1) is 16.9. The summed E-state index contributed by atoms with van der Waals surface area (Å²) in [7, 11) is 1.19. The van der Waals surface area contributed by atoms with Crippen LogP contribution in [0.5, 0.6) is 0 Å². The number of furan rings is 1. The summed E-state index contributed by atoms with van der Waals surface area (Å²) in [5.74, 6) is 0.0385. The van der Waals surface area contributed by atoms with E-state index in [1.54, 1.807) is 6.26 Å². The number of primary amides is 1. The second kappa shape index (κ2) is 12.3. The average molecular weight is 483 g/mol. The van der Waals surface area contributed by atoms with Gasteiger partial charge in [0.05, 0.1) is 25.9 Å². The number of rotatable bonds is 12. The molecule has 0 fully saturated rings. The van der Waals surface area contributed by atoms with Crippen LogP contribution in [0, 0.1) is 11.3 Å². The first kappa shape index (κ1) is 25.5. The normalized spacial score (nSPS) is 11.7. The van der Waals surface area contributed by atoms with Gasteiger partial charge in [0.1, 0.15) is 17.5 Å². The monoisotopic (exact) mass is 482 g/mol. The maximum absolute atomic E-state index is 14.3. The summed E-state index contributed by atoms with van der Waals surface area (Å²) in [4.78, 5) is 25.1. The van der Waals surface area contributed by atoms with Gasteiger partial charge >= 0.3 is 6.09 Å². The number of aryl methyl sites for hydroxylation is 1. The van der Waals surface area contributed by atoms with E-state index in [1.807, 2.05) is 47.4 Å². The van der Waals surface area contributed by atoms with Gasteiger partial charge in [0, 0.05) is 37.9 Å². The van der Waals surface area contributed by atoms with E-state index in [-0.39, 0.29) is 24.3 Å². The van der Waals surface area contributed by atoms with Crippen molar-refractivity contribution in [3.05, 3.63) is 60.0 Å². The molecule has 0 aliphatic rings. The number of anilines is 1. The molecule has 11 heteroatoms. The summed E-state index contributed by atoms with van der Waals surface area (Å²) < 4.78 is 25.7. The van der Waals surface area contributed by atoms with Crippen LogP contribution in [0.4, 0.5) is 15.0 Å². The Hall–Kier alpha value is -4.17. The molecule has 0 saturated heterocycles. The van der Waals surface area contributed by atoms with Gasteiger partial charge in [-0.1, -0.05) is 24.3 Å². The molecule has 3 rings (SSSR count). The zero-order valence-electron chi connectivity index (χ0n) is 19.3. The van der Waals surface area contributed by atoms with Crippen molar-refractivity contribution in [2.24, 2.45) is 5.73 Å². The molecule has 2 amide bonds. The van der Waals surface area contributed by atoms with E-state index in [9.17, 15) is 14.0 Å². The molecular formula is C24H27FN6O4. The molecular weight excluding hydrogens is 455 g/mol. The quantitative estimate of drug-likeness (QED) is 0.402. The third kappa shape index (κ3) is 7.41. The van der Waals surface area contributed by atoms with Gasteiger partial charge in [-0.15, -0.1) is 0 Å². The Morgan fingerprint density at radius 3 is 2.74 bits per heavy atom. The van der Waals surface area contributed by atoms with Crippen LogP contribution >= 0.6 is 0 Å². The second-order valence-electron chi connectivity index (χ2n) is 7.86. The largest absolute Gasteiger partial charge is 0.464 e. The van der Waals surface area contributed by atoms with E-state index in [0.29, 0.717) is 26.1 Å². The summed E-state index contributed by atoms with van der Waals surface area (Å²) in [6.07, 6.45) is 1.40. The number of halogens is 1.